The second-order valence-electron chi connectivity index (χ2n) is 6.09. The van der Waals surface area contributed by atoms with Crippen LogP contribution < -0.4 is 5.73 Å². The van der Waals surface area contributed by atoms with E-state index in [1.165, 1.54) is 38.1 Å². The highest BCUT2D eigenvalue weighted by atomic mass is 32.2. The van der Waals surface area contributed by atoms with Crippen molar-refractivity contribution in [3.63, 3.8) is 0 Å². The number of hydrogen-bond acceptors (Lipinski definition) is 3. The van der Waals surface area contributed by atoms with E-state index in [-0.39, 0.29) is 0 Å². The van der Waals surface area contributed by atoms with E-state index in [4.69, 9.17) is 5.73 Å². The molecule has 2 aliphatic rings. The molecule has 4 atom stereocenters. The maximum atomic E-state index is 6.22. The molecule has 1 aliphatic carbocycles. The van der Waals surface area contributed by atoms with E-state index in [2.05, 4.69) is 37.4 Å². The summed E-state index contributed by atoms with van der Waals surface area (Å²) in [4.78, 5) is 2.73. The summed E-state index contributed by atoms with van der Waals surface area (Å²) in [6.45, 7) is 10.5. The molecule has 1 heterocycles. The highest BCUT2D eigenvalue weighted by Gasteiger charge is 2.45. The summed E-state index contributed by atoms with van der Waals surface area (Å²) < 4.78 is 0. The second-order valence-corrected chi connectivity index (χ2v) is 7.64. The van der Waals surface area contributed by atoms with Gasteiger partial charge in [0.2, 0.25) is 0 Å². The van der Waals surface area contributed by atoms with E-state index < -0.39 is 0 Å². The molecule has 100 valence electrons. The van der Waals surface area contributed by atoms with Crippen LogP contribution in [0.2, 0.25) is 0 Å². The van der Waals surface area contributed by atoms with Crippen molar-refractivity contribution in [1.29, 1.82) is 0 Å². The molecule has 0 spiro atoms. The lowest BCUT2D eigenvalue weighted by molar-refractivity contribution is -0.00804. The first-order valence-electron chi connectivity index (χ1n) is 7.17. The molecule has 0 amide bonds. The Labute approximate surface area is 111 Å². The van der Waals surface area contributed by atoms with Crippen LogP contribution in [0.25, 0.3) is 0 Å². The SMILES string of the molecule is CC1CN(C2(CN)CCCC(C)C2C)CCS1. The minimum atomic E-state index is 0.299. The maximum Gasteiger partial charge on any atom is 0.0360 e. The van der Waals surface area contributed by atoms with E-state index in [9.17, 15) is 0 Å². The molecule has 17 heavy (non-hydrogen) atoms. The van der Waals surface area contributed by atoms with E-state index in [0.29, 0.717) is 5.54 Å². The molecule has 2 N–H and O–H groups in total. The van der Waals surface area contributed by atoms with Crippen LogP contribution >= 0.6 is 11.8 Å². The van der Waals surface area contributed by atoms with E-state index in [1.54, 1.807) is 0 Å². The summed E-state index contributed by atoms with van der Waals surface area (Å²) >= 11 is 2.11. The summed E-state index contributed by atoms with van der Waals surface area (Å²) in [5.41, 5.74) is 6.52. The fraction of sp³-hybridized carbons (Fsp3) is 1.00. The zero-order chi connectivity index (χ0) is 12.5. The van der Waals surface area contributed by atoms with Crippen LogP contribution in [0.15, 0.2) is 0 Å². The van der Waals surface area contributed by atoms with Gasteiger partial charge in [-0.25, -0.2) is 0 Å². The third-order valence-corrected chi connectivity index (χ3v) is 6.33. The third kappa shape index (κ3) is 2.52. The number of thioether (sulfide) groups is 1. The number of nitrogens with two attached hydrogens (primary N) is 1. The third-order valence-electron chi connectivity index (χ3n) is 5.19. The van der Waals surface area contributed by atoms with Gasteiger partial charge in [0.05, 0.1) is 0 Å². The first-order valence-corrected chi connectivity index (χ1v) is 8.22. The Balaban J connectivity index is 2.16. The summed E-state index contributed by atoms with van der Waals surface area (Å²) in [7, 11) is 0. The molecule has 0 radical (unpaired) electrons. The smallest absolute Gasteiger partial charge is 0.0360 e. The van der Waals surface area contributed by atoms with Crippen molar-refractivity contribution in [1.82, 2.24) is 4.90 Å². The Kier molecular flexibility index (Phi) is 4.43. The van der Waals surface area contributed by atoms with Gasteiger partial charge in [-0.2, -0.15) is 11.8 Å². The van der Waals surface area contributed by atoms with Gasteiger partial charge in [-0.1, -0.05) is 33.6 Å². The van der Waals surface area contributed by atoms with Gasteiger partial charge in [0.25, 0.3) is 0 Å². The van der Waals surface area contributed by atoms with Crippen molar-refractivity contribution in [3.8, 4) is 0 Å². The maximum absolute atomic E-state index is 6.22. The van der Waals surface area contributed by atoms with Crippen LogP contribution in [0.4, 0.5) is 0 Å². The van der Waals surface area contributed by atoms with Gasteiger partial charge >= 0.3 is 0 Å². The molecular formula is C14H28N2S. The molecule has 1 saturated heterocycles. The molecule has 2 fully saturated rings. The molecule has 0 bridgehead atoms. The lowest BCUT2D eigenvalue weighted by Crippen LogP contribution is -2.63. The van der Waals surface area contributed by atoms with E-state index >= 15 is 0 Å². The number of nitrogens with zero attached hydrogens (tertiary/aromatic N) is 1. The van der Waals surface area contributed by atoms with Crippen LogP contribution in [0.1, 0.15) is 40.0 Å². The number of hydrogen-bond donors (Lipinski definition) is 1. The largest absolute Gasteiger partial charge is 0.329 e. The van der Waals surface area contributed by atoms with Crippen molar-refractivity contribution < 1.29 is 0 Å². The summed E-state index contributed by atoms with van der Waals surface area (Å²) in [6.07, 6.45) is 4.06. The lowest BCUT2D eigenvalue weighted by atomic mass is 9.67. The van der Waals surface area contributed by atoms with Crippen molar-refractivity contribution in [2.75, 3.05) is 25.4 Å². The molecule has 0 aromatic heterocycles. The second kappa shape index (κ2) is 5.50. The first-order chi connectivity index (χ1) is 8.10. The van der Waals surface area contributed by atoms with Crippen LogP contribution in [-0.4, -0.2) is 41.1 Å². The van der Waals surface area contributed by atoms with Gasteiger partial charge in [-0.05, 0) is 18.3 Å². The molecular weight excluding hydrogens is 228 g/mol. The lowest BCUT2D eigenvalue weighted by Gasteiger charge is -2.54. The van der Waals surface area contributed by atoms with E-state index in [0.717, 1.165) is 23.6 Å². The fourth-order valence-electron chi connectivity index (χ4n) is 3.82. The number of rotatable bonds is 2. The Bertz CT molecular complexity index is 259. The molecule has 0 aromatic rings. The first kappa shape index (κ1) is 13.7. The highest BCUT2D eigenvalue weighted by molar-refractivity contribution is 7.99. The van der Waals surface area contributed by atoms with Gasteiger partial charge in [0.1, 0.15) is 0 Å². The average Bonchev–Trinajstić information content (AvgIpc) is 2.33. The Morgan fingerprint density at radius 3 is 2.76 bits per heavy atom. The highest BCUT2D eigenvalue weighted by Crippen LogP contribution is 2.42. The zero-order valence-electron chi connectivity index (χ0n) is 11.6. The Morgan fingerprint density at radius 2 is 2.12 bits per heavy atom. The van der Waals surface area contributed by atoms with Gasteiger partial charge in [-0.3, -0.25) is 4.90 Å². The van der Waals surface area contributed by atoms with Crippen molar-refractivity contribution >= 4 is 11.8 Å². The van der Waals surface area contributed by atoms with Crippen molar-refractivity contribution in [2.24, 2.45) is 17.6 Å². The zero-order valence-corrected chi connectivity index (χ0v) is 12.4. The van der Waals surface area contributed by atoms with Crippen molar-refractivity contribution in [3.05, 3.63) is 0 Å². The molecule has 1 aliphatic heterocycles. The summed E-state index contributed by atoms with van der Waals surface area (Å²) in [5.74, 6) is 2.86. The normalized spacial score (nSPS) is 44.8. The monoisotopic (exact) mass is 256 g/mol. The average molecular weight is 256 g/mol. The molecule has 2 nitrogen and oxygen atoms in total. The molecule has 2 rings (SSSR count). The topological polar surface area (TPSA) is 29.3 Å². The van der Waals surface area contributed by atoms with Crippen LogP contribution in [0, 0.1) is 11.8 Å². The van der Waals surface area contributed by atoms with E-state index in [1.807, 2.05) is 0 Å². The van der Waals surface area contributed by atoms with Crippen LogP contribution in [0.3, 0.4) is 0 Å². The van der Waals surface area contributed by atoms with Gasteiger partial charge in [0.15, 0.2) is 0 Å². The predicted molar refractivity (Wildman–Crippen MR) is 77.5 cm³/mol. The fourth-order valence-corrected chi connectivity index (χ4v) is 4.84. The Morgan fingerprint density at radius 1 is 1.35 bits per heavy atom. The van der Waals surface area contributed by atoms with Gasteiger partial charge < -0.3 is 5.73 Å². The van der Waals surface area contributed by atoms with Gasteiger partial charge in [0, 0.05) is 36.2 Å². The molecule has 1 saturated carbocycles. The quantitative estimate of drug-likeness (QED) is 0.823. The van der Waals surface area contributed by atoms with Crippen LogP contribution in [-0.2, 0) is 0 Å². The molecule has 3 heteroatoms. The van der Waals surface area contributed by atoms with Gasteiger partial charge in [-0.15, -0.1) is 0 Å². The van der Waals surface area contributed by atoms with Crippen LogP contribution in [0.5, 0.6) is 0 Å². The Hall–Kier alpha value is 0.270. The molecule has 4 unspecified atom stereocenters. The summed E-state index contributed by atoms with van der Waals surface area (Å²) in [5, 5.41) is 0.775. The standard InChI is InChI=1S/C14H28N2S/c1-11-5-4-6-14(10-15,13(11)3)16-7-8-17-12(2)9-16/h11-13H,4-10,15H2,1-3H3. The van der Waals surface area contributed by atoms with Crippen molar-refractivity contribution in [2.45, 2.75) is 50.8 Å². The minimum absolute atomic E-state index is 0.299. The predicted octanol–water partition coefficient (Wildman–Crippen LogP) is 2.58. The minimum Gasteiger partial charge on any atom is -0.329 e. The summed E-state index contributed by atoms with van der Waals surface area (Å²) in [6, 6.07) is 0. The molecule has 0 aromatic carbocycles.